The third-order valence-corrected chi connectivity index (χ3v) is 4.09. The second-order valence-electron chi connectivity index (χ2n) is 4.64. The fourth-order valence-electron chi connectivity index (χ4n) is 1.34. The topological polar surface area (TPSA) is 71.4 Å². The van der Waals surface area contributed by atoms with Crippen LogP contribution in [0.5, 0.6) is 0 Å². The molecular weight excluding hydrogens is 216 g/mol. The number of carboxylic acid groups (broad SMARTS) is 1. The van der Waals surface area contributed by atoms with E-state index >= 15 is 0 Å². The second-order valence-corrected chi connectivity index (χ2v) is 6.94. The lowest BCUT2D eigenvalue weighted by atomic mass is 9.87. The van der Waals surface area contributed by atoms with Crippen LogP contribution in [0.15, 0.2) is 0 Å². The van der Waals surface area contributed by atoms with Crippen molar-refractivity contribution < 1.29 is 18.3 Å². The number of carbonyl (C=O) groups is 1. The lowest BCUT2D eigenvalue weighted by Crippen LogP contribution is -2.22. The van der Waals surface area contributed by atoms with Crippen molar-refractivity contribution >= 4 is 15.8 Å². The predicted octanol–water partition coefficient (Wildman–Crippen LogP) is 1.70. The molecular formula is C10H20O4S. The van der Waals surface area contributed by atoms with Gasteiger partial charge in [-0.3, -0.25) is 4.79 Å². The summed E-state index contributed by atoms with van der Waals surface area (Å²) in [7, 11) is -2.99. The van der Waals surface area contributed by atoms with Crippen molar-refractivity contribution in [2.45, 2.75) is 40.0 Å². The molecule has 0 amide bonds. The molecule has 0 atom stereocenters. The van der Waals surface area contributed by atoms with Crippen molar-refractivity contribution in [3.05, 3.63) is 0 Å². The fraction of sp³-hybridized carbons (Fsp3) is 0.900. The zero-order valence-corrected chi connectivity index (χ0v) is 10.4. The third kappa shape index (κ3) is 7.36. The minimum absolute atomic E-state index is 0.00858. The molecule has 0 aromatic carbocycles. The van der Waals surface area contributed by atoms with Crippen LogP contribution in [0.1, 0.15) is 40.0 Å². The van der Waals surface area contributed by atoms with E-state index in [1.54, 1.807) is 13.8 Å². The SMILES string of the molecule is CCCS(=O)(=O)CCC(C)(C)CC(=O)O. The number of hydrogen-bond acceptors (Lipinski definition) is 3. The van der Waals surface area contributed by atoms with Crippen LogP contribution < -0.4 is 0 Å². The molecule has 0 saturated heterocycles. The summed E-state index contributed by atoms with van der Waals surface area (Å²) in [6.45, 7) is 5.38. The van der Waals surface area contributed by atoms with E-state index in [2.05, 4.69) is 0 Å². The summed E-state index contributed by atoms with van der Waals surface area (Å²) in [6.07, 6.45) is 1.03. The van der Waals surface area contributed by atoms with Crippen molar-refractivity contribution in [1.82, 2.24) is 0 Å². The molecule has 0 radical (unpaired) electrons. The van der Waals surface area contributed by atoms with Crippen molar-refractivity contribution in [3.63, 3.8) is 0 Å². The van der Waals surface area contributed by atoms with Gasteiger partial charge in [-0.15, -0.1) is 0 Å². The first-order valence-corrected chi connectivity index (χ1v) is 6.93. The number of carboxylic acids is 1. The van der Waals surface area contributed by atoms with E-state index in [1.165, 1.54) is 0 Å². The Morgan fingerprint density at radius 2 is 1.80 bits per heavy atom. The summed E-state index contributed by atoms with van der Waals surface area (Å²) in [5.74, 6) is -0.607. The van der Waals surface area contributed by atoms with Crippen LogP contribution in [0.2, 0.25) is 0 Å². The molecule has 1 N–H and O–H groups in total. The molecule has 5 heteroatoms. The van der Waals surface area contributed by atoms with E-state index in [0.29, 0.717) is 12.8 Å². The van der Waals surface area contributed by atoms with Gasteiger partial charge < -0.3 is 5.11 Å². The molecule has 4 nitrogen and oxygen atoms in total. The summed E-state index contributed by atoms with van der Waals surface area (Å²) >= 11 is 0. The molecule has 0 aliphatic rings. The largest absolute Gasteiger partial charge is 0.481 e. The van der Waals surface area contributed by atoms with E-state index in [-0.39, 0.29) is 17.9 Å². The summed E-state index contributed by atoms with van der Waals surface area (Å²) in [4.78, 5) is 10.5. The lowest BCUT2D eigenvalue weighted by molar-refractivity contribution is -0.139. The average Bonchev–Trinajstić information content (AvgIpc) is 1.99. The maximum atomic E-state index is 11.4. The Labute approximate surface area is 91.6 Å². The highest BCUT2D eigenvalue weighted by atomic mass is 32.2. The van der Waals surface area contributed by atoms with Gasteiger partial charge in [0.2, 0.25) is 0 Å². The minimum Gasteiger partial charge on any atom is -0.481 e. The smallest absolute Gasteiger partial charge is 0.303 e. The van der Waals surface area contributed by atoms with Gasteiger partial charge in [0.25, 0.3) is 0 Å². The van der Waals surface area contributed by atoms with Gasteiger partial charge in [-0.1, -0.05) is 20.8 Å². The first kappa shape index (κ1) is 14.4. The zero-order chi connectivity index (χ0) is 12.1. The lowest BCUT2D eigenvalue weighted by Gasteiger charge is -2.21. The Kier molecular flexibility index (Phi) is 5.28. The molecule has 0 bridgehead atoms. The van der Waals surface area contributed by atoms with Crippen molar-refractivity contribution in [2.75, 3.05) is 11.5 Å². The first-order valence-electron chi connectivity index (χ1n) is 5.11. The highest BCUT2D eigenvalue weighted by Gasteiger charge is 2.24. The van der Waals surface area contributed by atoms with Gasteiger partial charge >= 0.3 is 5.97 Å². The Morgan fingerprint density at radius 1 is 1.27 bits per heavy atom. The normalized spacial score (nSPS) is 12.7. The Hall–Kier alpha value is -0.580. The maximum Gasteiger partial charge on any atom is 0.303 e. The molecule has 0 aliphatic carbocycles. The fourth-order valence-corrected chi connectivity index (χ4v) is 3.03. The van der Waals surface area contributed by atoms with Gasteiger partial charge in [-0.05, 0) is 18.3 Å². The zero-order valence-electron chi connectivity index (χ0n) is 9.62. The number of hydrogen-bond donors (Lipinski definition) is 1. The van der Waals surface area contributed by atoms with Gasteiger partial charge in [-0.2, -0.15) is 0 Å². The molecule has 0 spiro atoms. The van der Waals surface area contributed by atoms with Crippen LogP contribution in [-0.4, -0.2) is 31.0 Å². The Bertz CT molecular complexity index is 303. The summed E-state index contributed by atoms with van der Waals surface area (Å²) < 4.78 is 22.8. The molecule has 0 saturated carbocycles. The molecule has 0 aromatic heterocycles. The van der Waals surface area contributed by atoms with Crippen molar-refractivity contribution in [3.8, 4) is 0 Å². The molecule has 0 rings (SSSR count). The summed E-state index contributed by atoms with van der Waals surface area (Å²) in [5.41, 5.74) is -0.452. The summed E-state index contributed by atoms with van der Waals surface area (Å²) in [6, 6.07) is 0. The van der Waals surface area contributed by atoms with Gasteiger partial charge in [0, 0.05) is 5.75 Å². The number of aliphatic carboxylic acids is 1. The molecule has 0 fully saturated rings. The van der Waals surface area contributed by atoms with Crippen LogP contribution in [0.25, 0.3) is 0 Å². The third-order valence-electron chi connectivity index (χ3n) is 2.23. The van der Waals surface area contributed by atoms with E-state index < -0.39 is 21.2 Å². The van der Waals surface area contributed by atoms with E-state index in [0.717, 1.165) is 0 Å². The number of rotatable bonds is 7. The average molecular weight is 236 g/mol. The Morgan fingerprint density at radius 3 is 2.20 bits per heavy atom. The second kappa shape index (κ2) is 5.49. The Balaban J connectivity index is 4.20. The quantitative estimate of drug-likeness (QED) is 0.730. The van der Waals surface area contributed by atoms with Crippen molar-refractivity contribution in [1.29, 1.82) is 0 Å². The van der Waals surface area contributed by atoms with E-state index in [4.69, 9.17) is 5.11 Å². The highest BCUT2D eigenvalue weighted by Crippen LogP contribution is 2.25. The predicted molar refractivity (Wildman–Crippen MR) is 59.6 cm³/mol. The van der Waals surface area contributed by atoms with E-state index in [9.17, 15) is 13.2 Å². The standard InChI is InChI=1S/C10H20O4S/c1-4-6-15(13,14)7-5-10(2,3)8-9(11)12/h4-8H2,1-3H3,(H,11,12). The maximum absolute atomic E-state index is 11.4. The van der Waals surface area contributed by atoms with Gasteiger partial charge in [0.1, 0.15) is 9.84 Å². The first-order chi connectivity index (χ1) is 6.68. The summed E-state index contributed by atoms with van der Waals surface area (Å²) in [5, 5.41) is 8.63. The van der Waals surface area contributed by atoms with E-state index in [1.807, 2.05) is 6.92 Å². The number of sulfone groups is 1. The van der Waals surface area contributed by atoms with Gasteiger partial charge in [-0.25, -0.2) is 8.42 Å². The van der Waals surface area contributed by atoms with Gasteiger partial charge in [0.05, 0.1) is 12.2 Å². The molecule has 90 valence electrons. The molecule has 0 aliphatic heterocycles. The van der Waals surface area contributed by atoms with Crippen LogP contribution in [-0.2, 0) is 14.6 Å². The van der Waals surface area contributed by atoms with Crippen LogP contribution in [0, 0.1) is 5.41 Å². The van der Waals surface area contributed by atoms with Crippen molar-refractivity contribution in [2.24, 2.45) is 5.41 Å². The van der Waals surface area contributed by atoms with Crippen LogP contribution in [0.3, 0.4) is 0 Å². The monoisotopic (exact) mass is 236 g/mol. The molecule has 15 heavy (non-hydrogen) atoms. The van der Waals surface area contributed by atoms with Crippen LogP contribution >= 0.6 is 0 Å². The molecule has 0 heterocycles. The van der Waals surface area contributed by atoms with Gasteiger partial charge in [0.15, 0.2) is 0 Å². The van der Waals surface area contributed by atoms with Crippen LogP contribution in [0.4, 0.5) is 0 Å². The molecule has 0 aromatic rings. The molecule has 0 unspecified atom stereocenters. The highest BCUT2D eigenvalue weighted by molar-refractivity contribution is 7.91. The minimum atomic E-state index is -2.99.